The average molecular weight is 289 g/mol. The molecule has 0 fully saturated rings. The summed E-state index contributed by atoms with van der Waals surface area (Å²) < 4.78 is 1.36. The van der Waals surface area contributed by atoms with Crippen LogP contribution in [0.25, 0.3) is 0 Å². The topological polar surface area (TPSA) is 64.0 Å². The van der Waals surface area contributed by atoms with Crippen molar-refractivity contribution < 1.29 is 4.79 Å². The number of carbonyl (C=O) groups is 1. The Morgan fingerprint density at radius 3 is 3.15 bits per heavy atom. The number of thiophene rings is 1. The van der Waals surface area contributed by atoms with Crippen LogP contribution >= 0.6 is 11.3 Å². The predicted molar refractivity (Wildman–Crippen MR) is 77.1 cm³/mol. The molecule has 0 saturated heterocycles. The van der Waals surface area contributed by atoms with Crippen molar-refractivity contribution in [3.05, 3.63) is 50.1 Å². The van der Waals surface area contributed by atoms with Gasteiger partial charge in [0.15, 0.2) is 0 Å². The molecule has 0 unspecified atom stereocenters. The summed E-state index contributed by atoms with van der Waals surface area (Å²) in [7, 11) is 1.66. The van der Waals surface area contributed by atoms with Crippen LogP contribution in [0.2, 0.25) is 0 Å². The normalized spacial score (nSPS) is 17.6. The molecule has 1 N–H and O–H groups in total. The summed E-state index contributed by atoms with van der Waals surface area (Å²) in [5, 5.41) is 11.0. The van der Waals surface area contributed by atoms with Crippen LogP contribution in [-0.2, 0) is 19.9 Å². The lowest BCUT2D eigenvalue weighted by Crippen LogP contribution is -2.40. The molecule has 0 spiro atoms. The Morgan fingerprint density at radius 1 is 1.55 bits per heavy atom. The highest BCUT2D eigenvalue weighted by Gasteiger charge is 2.22. The Balaban J connectivity index is 1.74. The van der Waals surface area contributed by atoms with Crippen LogP contribution in [0.3, 0.4) is 0 Å². The smallest absolute Gasteiger partial charge is 0.266 e. The lowest BCUT2D eigenvalue weighted by Gasteiger charge is -2.24. The summed E-state index contributed by atoms with van der Waals surface area (Å²) in [5.41, 5.74) is 2.51. The highest BCUT2D eigenvalue weighted by atomic mass is 32.1. The summed E-state index contributed by atoms with van der Waals surface area (Å²) in [6.45, 7) is 0. The maximum Gasteiger partial charge on any atom is 0.266 e. The second-order valence-electron chi connectivity index (χ2n) is 5.00. The van der Waals surface area contributed by atoms with E-state index >= 15 is 0 Å². The van der Waals surface area contributed by atoms with Gasteiger partial charge in [0, 0.05) is 30.1 Å². The van der Waals surface area contributed by atoms with Gasteiger partial charge in [-0.15, -0.1) is 0 Å². The highest BCUT2D eigenvalue weighted by Crippen LogP contribution is 2.18. The van der Waals surface area contributed by atoms with E-state index in [1.165, 1.54) is 16.0 Å². The standard InChI is InChI=1S/C14H15N3O2S/c1-17-13(18)7-10-6-11(2-3-12(10)16-17)15-14(19)9-4-5-20-8-9/h4-5,7-8,11H,2-3,6H2,1H3,(H,15,19)/t11-/m0/s1. The first-order valence-corrected chi connectivity index (χ1v) is 7.47. The molecule has 104 valence electrons. The molecule has 2 aromatic rings. The maximum atomic E-state index is 12.0. The van der Waals surface area contributed by atoms with Gasteiger partial charge in [-0.05, 0) is 36.3 Å². The van der Waals surface area contributed by atoms with E-state index in [1.807, 2.05) is 16.8 Å². The van der Waals surface area contributed by atoms with Crippen molar-refractivity contribution >= 4 is 17.2 Å². The number of fused-ring (bicyclic) bond motifs is 1. The fourth-order valence-corrected chi connectivity index (χ4v) is 3.11. The van der Waals surface area contributed by atoms with Gasteiger partial charge in [0.1, 0.15) is 0 Å². The Kier molecular flexibility index (Phi) is 3.40. The Labute approximate surface area is 120 Å². The van der Waals surface area contributed by atoms with Gasteiger partial charge in [-0.1, -0.05) is 0 Å². The van der Waals surface area contributed by atoms with Crippen LogP contribution in [0.15, 0.2) is 27.7 Å². The van der Waals surface area contributed by atoms with Crippen molar-refractivity contribution in [2.75, 3.05) is 0 Å². The molecule has 1 amide bonds. The molecule has 0 aliphatic heterocycles. The quantitative estimate of drug-likeness (QED) is 0.901. The zero-order valence-electron chi connectivity index (χ0n) is 11.1. The van der Waals surface area contributed by atoms with Crippen LogP contribution in [0.1, 0.15) is 28.0 Å². The molecule has 1 aliphatic carbocycles. The summed E-state index contributed by atoms with van der Waals surface area (Å²) in [6, 6.07) is 3.52. The van der Waals surface area contributed by atoms with Crippen LogP contribution in [-0.4, -0.2) is 21.7 Å². The predicted octanol–water partition coefficient (Wildman–Crippen LogP) is 1.13. The third-order valence-electron chi connectivity index (χ3n) is 3.57. The van der Waals surface area contributed by atoms with Gasteiger partial charge >= 0.3 is 0 Å². The number of rotatable bonds is 2. The number of nitrogens with one attached hydrogen (secondary N) is 1. The van der Waals surface area contributed by atoms with E-state index in [1.54, 1.807) is 13.1 Å². The Bertz CT molecular complexity index is 691. The van der Waals surface area contributed by atoms with Crippen molar-refractivity contribution in [2.24, 2.45) is 7.05 Å². The minimum Gasteiger partial charge on any atom is -0.349 e. The molecule has 5 nitrogen and oxygen atoms in total. The number of aryl methyl sites for hydroxylation is 2. The molecular formula is C14H15N3O2S. The minimum absolute atomic E-state index is 0.0449. The molecule has 3 rings (SSSR count). The Morgan fingerprint density at radius 2 is 2.40 bits per heavy atom. The SMILES string of the molecule is Cn1nc2c(cc1=O)C[C@@H](NC(=O)c1ccsc1)CC2. The zero-order chi connectivity index (χ0) is 14.1. The fraction of sp³-hybridized carbons (Fsp3) is 0.357. The second kappa shape index (κ2) is 5.20. The van der Waals surface area contributed by atoms with E-state index in [0.29, 0.717) is 12.0 Å². The molecule has 0 aromatic carbocycles. The molecular weight excluding hydrogens is 274 g/mol. The molecule has 1 aliphatic rings. The molecule has 2 heterocycles. The zero-order valence-corrected chi connectivity index (χ0v) is 11.9. The third kappa shape index (κ3) is 2.51. The number of carbonyl (C=O) groups excluding carboxylic acids is 1. The van der Waals surface area contributed by atoms with Gasteiger partial charge in [-0.2, -0.15) is 16.4 Å². The number of amides is 1. The van der Waals surface area contributed by atoms with E-state index < -0.39 is 0 Å². The first kappa shape index (κ1) is 13.1. The first-order valence-electron chi connectivity index (χ1n) is 6.52. The maximum absolute atomic E-state index is 12.0. The van der Waals surface area contributed by atoms with Gasteiger partial charge < -0.3 is 5.32 Å². The molecule has 2 aromatic heterocycles. The number of hydrogen-bond donors (Lipinski definition) is 1. The number of nitrogens with zero attached hydrogens (tertiary/aromatic N) is 2. The van der Waals surface area contributed by atoms with Crippen LogP contribution in [0, 0.1) is 0 Å². The van der Waals surface area contributed by atoms with Gasteiger partial charge in [-0.25, -0.2) is 4.68 Å². The van der Waals surface area contributed by atoms with E-state index in [4.69, 9.17) is 0 Å². The fourth-order valence-electron chi connectivity index (χ4n) is 2.47. The molecule has 6 heteroatoms. The Hall–Kier alpha value is -1.95. The number of hydrogen-bond acceptors (Lipinski definition) is 4. The molecule has 0 bridgehead atoms. The summed E-state index contributed by atoms with van der Waals surface area (Å²) in [6.07, 6.45) is 2.32. The highest BCUT2D eigenvalue weighted by molar-refractivity contribution is 7.08. The van der Waals surface area contributed by atoms with Gasteiger partial charge in [0.05, 0.1) is 5.69 Å². The summed E-state index contributed by atoms with van der Waals surface area (Å²) in [5.74, 6) is -0.0449. The van der Waals surface area contributed by atoms with Gasteiger partial charge in [0.25, 0.3) is 11.5 Å². The summed E-state index contributed by atoms with van der Waals surface area (Å²) >= 11 is 1.51. The van der Waals surface area contributed by atoms with Crippen LogP contribution in [0.5, 0.6) is 0 Å². The van der Waals surface area contributed by atoms with Crippen LogP contribution < -0.4 is 10.9 Å². The van der Waals surface area contributed by atoms with Crippen molar-refractivity contribution in [1.29, 1.82) is 0 Å². The van der Waals surface area contributed by atoms with Gasteiger partial charge in [-0.3, -0.25) is 9.59 Å². The lowest BCUT2D eigenvalue weighted by molar-refractivity contribution is 0.0934. The van der Waals surface area contributed by atoms with Crippen LogP contribution in [0.4, 0.5) is 0 Å². The second-order valence-corrected chi connectivity index (χ2v) is 5.78. The summed E-state index contributed by atoms with van der Waals surface area (Å²) in [4.78, 5) is 23.6. The first-order chi connectivity index (χ1) is 9.63. The van der Waals surface area contributed by atoms with Crippen molar-refractivity contribution in [3.8, 4) is 0 Å². The van der Waals surface area contributed by atoms with E-state index in [0.717, 1.165) is 24.1 Å². The average Bonchev–Trinajstić information content (AvgIpc) is 2.94. The molecule has 1 atom stereocenters. The molecule has 0 radical (unpaired) electrons. The van der Waals surface area contributed by atoms with E-state index in [2.05, 4.69) is 10.4 Å². The molecule has 0 saturated carbocycles. The van der Waals surface area contributed by atoms with Crippen molar-refractivity contribution in [1.82, 2.24) is 15.1 Å². The van der Waals surface area contributed by atoms with Crippen molar-refractivity contribution in [2.45, 2.75) is 25.3 Å². The molecule has 20 heavy (non-hydrogen) atoms. The van der Waals surface area contributed by atoms with Crippen molar-refractivity contribution in [3.63, 3.8) is 0 Å². The largest absolute Gasteiger partial charge is 0.349 e. The monoisotopic (exact) mass is 289 g/mol. The number of aromatic nitrogens is 2. The minimum atomic E-state index is -0.103. The van der Waals surface area contributed by atoms with Gasteiger partial charge in [0.2, 0.25) is 0 Å². The van der Waals surface area contributed by atoms with E-state index in [9.17, 15) is 9.59 Å². The lowest BCUT2D eigenvalue weighted by atomic mass is 9.92. The third-order valence-corrected chi connectivity index (χ3v) is 4.26. The van der Waals surface area contributed by atoms with E-state index in [-0.39, 0.29) is 17.5 Å².